The van der Waals surface area contributed by atoms with Crippen LogP contribution < -0.4 is 15.4 Å². The van der Waals surface area contributed by atoms with Crippen molar-refractivity contribution in [2.45, 2.75) is 13.1 Å². The predicted molar refractivity (Wildman–Crippen MR) is 92.9 cm³/mol. The summed E-state index contributed by atoms with van der Waals surface area (Å²) in [5.74, 6) is 6.11. The third-order valence-electron chi connectivity index (χ3n) is 3.34. The van der Waals surface area contributed by atoms with E-state index in [2.05, 4.69) is 22.5 Å². The fourth-order valence-corrected chi connectivity index (χ4v) is 2.08. The maximum atomic E-state index is 12.9. The molecule has 26 heavy (non-hydrogen) atoms. The van der Waals surface area contributed by atoms with Crippen LogP contribution >= 0.6 is 0 Å². The van der Waals surface area contributed by atoms with Gasteiger partial charge < -0.3 is 15.4 Å². The highest BCUT2D eigenvalue weighted by atomic mass is 19.4. The van der Waals surface area contributed by atoms with Crippen LogP contribution in [-0.2, 0) is 6.18 Å². The molecule has 0 saturated carbocycles. The normalized spacial score (nSPS) is 10.5. The highest BCUT2D eigenvalue weighted by Crippen LogP contribution is 2.34. The molecule has 0 heterocycles. The molecule has 0 radical (unpaired) electrons. The summed E-state index contributed by atoms with van der Waals surface area (Å²) in [6.07, 6.45) is -4.55. The van der Waals surface area contributed by atoms with E-state index in [1.165, 1.54) is 18.2 Å². The Labute approximate surface area is 149 Å². The summed E-state index contributed by atoms with van der Waals surface area (Å²) in [6, 6.07) is 11.5. The molecule has 0 unspecified atom stereocenters. The molecule has 2 amide bonds. The van der Waals surface area contributed by atoms with Crippen LogP contribution in [0.4, 0.5) is 23.7 Å². The molecule has 0 atom stereocenters. The quantitative estimate of drug-likeness (QED) is 0.801. The number of alkyl halides is 3. The number of para-hydroxylation sites is 2. The van der Waals surface area contributed by atoms with Crippen molar-refractivity contribution < 1.29 is 22.7 Å². The number of benzene rings is 2. The molecule has 4 nitrogen and oxygen atoms in total. The summed E-state index contributed by atoms with van der Waals surface area (Å²) in [6.45, 7) is 2.04. The molecular formula is C19H17F3N2O2. The van der Waals surface area contributed by atoms with Crippen LogP contribution in [-0.4, -0.2) is 19.2 Å². The van der Waals surface area contributed by atoms with Crippen molar-refractivity contribution in [3.05, 3.63) is 59.7 Å². The third-order valence-corrected chi connectivity index (χ3v) is 3.34. The van der Waals surface area contributed by atoms with Gasteiger partial charge in [-0.2, -0.15) is 13.2 Å². The van der Waals surface area contributed by atoms with Crippen LogP contribution in [0.15, 0.2) is 48.5 Å². The van der Waals surface area contributed by atoms with Crippen LogP contribution in [0.5, 0.6) is 5.75 Å². The molecule has 0 saturated heterocycles. The Kier molecular flexibility index (Phi) is 6.50. The van der Waals surface area contributed by atoms with Gasteiger partial charge in [-0.05, 0) is 30.7 Å². The number of urea groups is 1. The summed E-state index contributed by atoms with van der Waals surface area (Å²) in [5, 5.41) is 4.55. The lowest BCUT2D eigenvalue weighted by Crippen LogP contribution is -2.30. The summed E-state index contributed by atoms with van der Waals surface area (Å²) in [7, 11) is 0. The largest absolute Gasteiger partial charge is 0.481 e. The summed E-state index contributed by atoms with van der Waals surface area (Å²) in [5.41, 5.74) is -0.239. The zero-order valence-electron chi connectivity index (χ0n) is 14.0. The number of aryl methyl sites for hydroxylation is 1. The van der Waals surface area contributed by atoms with E-state index in [1.54, 1.807) is 0 Å². The fraction of sp³-hybridized carbons (Fsp3) is 0.211. The van der Waals surface area contributed by atoms with Gasteiger partial charge in [-0.25, -0.2) is 4.79 Å². The molecule has 0 fully saturated rings. The molecule has 0 aliphatic rings. The van der Waals surface area contributed by atoms with Crippen LogP contribution in [0, 0.1) is 18.8 Å². The SMILES string of the molecule is Cc1ccccc1OCC#CCNC(=O)Nc1ccccc1C(F)(F)F. The number of hydrogen-bond acceptors (Lipinski definition) is 2. The molecule has 0 aromatic heterocycles. The van der Waals surface area contributed by atoms with Gasteiger partial charge in [-0.15, -0.1) is 0 Å². The number of carbonyl (C=O) groups is 1. The molecule has 7 heteroatoms. The summed E-state index contributed by atoms with van der Waals surface area (Å²) >= 11 is 0. The Morgan fingerprint density at radius 3 is 2.50 bits per heavy atom. The first-order chi connectivity index (χ1) is 12.4. The van der Waals surface area contributed by atoms with Crippen molar-refractivity contribution in [2.75, 3.05) is 18.5 Å². The minimum Gasteiger partial charge on any atom is -0.481 e. The van der Waals surface area contributed by atoms with E-state index in [4.69, 9.17) is 4.74 Å². The van der Waals surface area contributed by atoms with Gasteiger partial charge in [0.05, 0.1) is 17.8 Å². The van der Waals surface area contributed by atoms with Gasteiger partial charge in [0.15, 0.2) is 0 Å². The second-order valence-corrected chi connectivity index (χ2v) is 5.26. The molecule has 0 aliphatic carbocycles. The Morgan fingerprint density at radius 2 is 1.77 bits per heavy atom. The van der Waals surface area contributed by atoms with Gasteiger partial charge in [-0.3, -0.25) is 0 Å². The Bertz CT molecular complexity index is 823. The molecule has 0 bridgehead atoms. The number of carbonyl (C=O) groups excluding carboxylic acids is 1. The van der Waals surface area contributed by atoms with Gasteiger partial charge in [0.25, 0.3) is 0 Å². The van der Waals surface area contributed by atoms with E-state index in [-0.39, 0.29) is 18.8 Å². The number of hydrogen-bond donors (Lipinski definition) is 2. The fourth-order valence-electron chi connectivity index (χ4n) is 2.08. The van der Waals surface area contributed by atoms with Crippen molar-refractivity contribution >= 4 is 11.7 Å². The van der Waals surface area contributed by atoms with Crippen molar-refractivity contribution in [2.24, 2.45) is 0 Å². The summed E-state index contributed by atoms with van der Waals surface area (Å²) in [4.78, 5) is 11.7. The standard InChI is InChI=1S/C19H17F3N2O2/c1-14-8-2-5-11-17(14)26-13-7-6-12-23-18(25)24-16-10-4-3-9-15(16)19(20,21)22/h2-5,8-11H,12-13H2,1H3,(H2,23,24,25). The number of ether oxygens (including phenoxy) is 1. The molecule has 2 aromatic carbocycles. The monoisotopic (exact) mass is 362 g/mol. The topological polar surface area (TPSA) is 50.4 Å². The lowest BCUT2D eigenvalue weighted by molar-refractivity contribution is -0.136. The second-order valence-electron chi connectivity index (χ2n) is 5.26. The van der Waals surface area contributed by atoms with Crippen LogP contribution in [0.3, 0.4) is 0 Å². The second kappa shape index (κ2) is 8.81. The van der Waals surface area contributed by atoms with E-state index in [1.807, 2.05) is 31.2 Å². The van der Waals surface area contributed by atoms with E-state index in [0.29, 0.717) is 0 Å². The van der Waals surface area contributed by atoms with Gasteiger partial charge in [0.1, 0.15) is 12.4 Å². The van der Waals surface area contributed by atoms with E-state index < -0.39 is 17.8 Å². The first kappa shape index (κ1) is 19.2. The molecule has 0 spiro atoms. The smallest absolute Gasteiger partial charge is 0.418 e. The third kappa shape index (κ3) is 5.74. The van der Waals surface area contributed by atoms with Gasteiger partial charge in [-0.1, -0.05) is 42.2 Å². The van der Waals surface area contributed by atoms with E-state index in [9.17, 15) is 18.0 Å². The average Bonchev–Trinajstić information content (AvgIpc) is 2.59. The summed E-state index contributed by atoms with van der Waals surface area (Å²) < 4.78 is 44.0. The van der Waals surface area contributed by atoms with Gasteiger partial charge >= 0.3 is 12.2 Å². The zero-order valence-corrected chi connectivity index (χ0v) is 14.0. The lowest BCUT2D eigenvalue weighted by atomic mass is 10.1. The lowest BCUT2D eigenvalue weighted by Gasteiger charge is -2.13. The molecular weight excluding hydrogens is 345 g/mol. The Hall–Kier alpha value is -3.14. The average molecular weight is 362 g/mol. The number of anilines is 1. The first-order valence-corrected chi connectivity index (χ1v) is 7.73. The van der Waals surface area contributed by atoms with Crippen molar-refractivity contribution in [3.63, 3.8) is 0 Å². The Morgan fingerprint density at radius 1 is 1.08 bits per heavy atom. The number of amides is 2. The van der Waals surface area contributed by atoms with Crippen LogP contribution in [0.1, 0.15) is 11.1 Å². The maximum Gasteiger partial charge on any atom is 0.418 e. The predicted octanol–water partition coefficient (Wildman–Crippen LogP) is 4.22. The molecule has 136 valence electrons. The van der Waals surface area contributed by atoms with Gasteiger partial charge in [0, 0.05) is 0 Å². The highest BCUT2D eigenvalue weighted by molar-refractivity contribution is 5.90. The van der Waals surface area contributed by atoms with Crippen molar-refractivity contribution in [1.82, 2.24) is 5.32 Å². The molecule has 0 aliphatic heterocycles. The van der Waals surface area contributed by atoms with E-state index >= 15 is 0 Å². The maximum absolute atomic E-state index is 12.9. The van der Waals surface area contributed by atoms with Crippen molar-refractivity contribution in [1.29, 1.82) is 0 Å². The first-order valence-electron chi connectivity index (χ1n) is 7.73. The zero-order chi connectivity index (χ0) is 19.0. The minimum atomic E-state index is -4.55. The molecule has 2 aromatic rings. The van der Waals surface area contributed by atoms with Crippen LogP contribution in [0.2, 0.25) is 0 Å². The Balaban J connectivity index is 1.79. The number of nitrogens with one attached hydrogen (secondary N) is 2. The van der Waals surface area contributed by atoms with Crippen LogP contribution in [0.25, 0.3) is 0 Å². The van der Waals surface area contributed by atoms with Gasteiger partial charge in [0.2, 0.25) is 0 Å². The number of rotatable bonds is 4. The molecule has 2 N–H and O–H groups in total. The molecule has 2 rings (SSSR count). The van der Waals surface area contributed by atoms with Crippen molar-refractivity contribution in [3.8, 4) is 17.6 Å². The minimum absolute atomic E-state index is 0.0167. The number of halogens is 3. The van der Waals surface area contributed by atoms with E-state index in [0.717, 1.165) is 17.4 Å². The highest BCUT2D eigenvalue weighted by Gasteiger charge is 2.33.